The molecule has 2 aromatic heterocycles. The Morgan fingerprint density at radius 2 is 1.96 bits per heavy atom. The predicted octanol–water partition coefficient (Wildman–Crippen LogP) is 4.02. The van der Waals surface area contributed by atoms with Crippen molar-refractivity contribution in [2.75, 3.05) is 0 Å². The normalized spacial score (nSPS) is 17.1. The summed E-state index contributed by atoms with van der Waals surface area (Å²) in [4.78, 5) is 27.5. The van der Waals surface area contributed by atoms with E-state index in [1.54, 1.807) is 18.4 Å². The fraction of sp³-hybridized carbons (Fsp3) is 0.556. The van der Waals surface area contributed by atoms with E-state index in [1.807, 2.05) is 13.8 Å². The van der Waals surface area contributed by atoms with Crippen molar-refractivity contribution in [3.05, 3.63) is 24.1 Å². The second-order valence-corrected chi connectivity index (χ2v) is 6.67. The molecule has 1 atom stereocenters. The van der Waals surface area contributed by atoms with Gasteiger partial charge in [-0.3, -0.25) is 4.79 Å². The molecule has 6 nitrogen and oxygen atoms in total. The smallest absolute Gasteiger partial charge is 0.357 e. The molecule has 1 unspecified atom stereocenters. The van der Waals surface area contributed by atoms with Crippen LogP contribution in [-0.2, 0) is 14.3 Å². The lowest BCUT2D eigenvalue weighted by molar-refractivity contribution is -0.181. The number of hydrogen-bond acceptors (Lipinski definition) is 5. The monoisotopic (exact) mass is 333 g/mol. The van der Waals surface area contributed by atoms with E-state index in [1.165, 1.54) is 6.42 Å². The van der Waals surface area contributed by atoms with Crippen LogP contribution in [0.15, 0.2) is 22.8 Å². The Balaban J connectivity index is 1.63. The molecule has 0 aromatic carbocycles. The first-order valence-electron chi connectivity index (χ1n) is 8.52. The number of H-pyrrole nitrogens is 1. The van der Waals surface area contributed by atoms with Crippen LogP contribution in [0.4, 0.5) is 0 Å². The first kappa shape index (κ1) is 16.6. The number of aromatic amines is 1. The number of hydrogen-bond donors (Lipinski definition) is 1. The number of fused-ring (bicyclic) bond motifs is 1. The van der Waals surface area contributed by atoms with E-state index in [0.29, 0.717) is 5.58 Å². The van der Waals surface area contributed by atoms with Crippen LogP contribution in [0, 0.1) is 11.8 Å². The molecular formula is C18H23NO5. The van der Waals surface area contributed by atoms with Gasteiger partial charge in [0.1, 0.15) is 5.69 Å². The molecular weight excluding hydrogens is 310 g/mol. The molecule has 0 spiro atoms. The zero-order valence-electron chi connectivity index (χ0n) is 14.0. The molecule has 2 aromatic rings. The van der Waals surface area contributed by atoms with Crippen molar-refractivity contribution < 1.29 is 23.5 Å². The fourth-order valence-corrected chi connectivity index (χ4v) is 2.97. The zero-order chi connectivity index (χ0) is 17.1. The maximum Gasteiger partial charge on any atom is 0.357 e. The van der Waals surface area contributed by atoms with Crippen LogP contribution in [0.2, 0.25) is 0 Å². The highest BCUT2D eigenvalue weighted by atomic mass is 16.7. The third-order valence-corrected chi connectivity index (χ3v) is 4.40. The number of nitrogens with one attached hydrogen (secondary N) is 1. The number of esters is 2. The number of carbonyl (C=O) groups is 2. The summed E-state index contributed by atoms with van der Waals surface area (Å²) in [6, 6.07) is 3.31. The van der Waals surface area contributed by atoms with Crippen LogP contribution in [0.5, 0.6) is 0 Å². The molecule has 0 aliphatic heterocycles. The molecule has 1 fully saturated rings. The number of aromatic nitrogens is 1. The van der Waals surface area contributed by atoms with E-state index in [2.05, 4.69) is 4.98 Å². The number of furan rings is 1. The standard InChI is InChI=1S/C18H23NO5/c1-11(2)18(23-16(20)12-6-4-3-5-7-12)24-17(21)14-10-15-13(19-14)8-9-22-15/h8-12,18-19H,3-7H2,1-2H3. The van der Waals surface area contributed by atoms with Crippen molar-refractivity contribution in [1.29, 1.82) is 0 Å². The molecule has 3 rings (SSSR count). The minimum absolute atomic E-state index is 0.0773. The van der Waals surface area contributed by atoms with Crippen LogP contribution in [0.1, 0.15) is 56.4 Å². The van der Waals surface area contributed by atoms with Crippen LogP contribution >= 0.6 is 0 Å². The second-order valence-electron chi connectivity index (χ2n) is 6.67. The topological polar surface area (TPSA) is 81.5 Å². The van der Waals surface area contributed by atoms with Gasteiger partial charge in [0.05, 0.1) is 17.7 Å². The van der Waals surface area contributed by atoms with Crippen LogP contribution in [-0.4, -0.2) is 23.2 Å². The van der Waals surface area contributed by atoms with Gasteiger partial charge in [0.15, 0.2) is 5.58 Å². The largest absolute Gasteiger partial charge is 0.463 e. The minimum Gasteiger partial charge on any atom is -0.463 e. The quantitative estimate of drug-likeness (QED) is 0.660. The van der Waals surface area contributed by atoms with Gasteiger partial charge in [-0.2, -0.15) is 0 Å². The second kappa shape index (κ2) is 7.11. The molecule has 1 aliphatic rings. The van der Waals surface area contributed by atoms with E-state index in [0.717, 1.165) is 31.2 Å². The highest BCUT2D eigenvalue weighted by Gasteiger charge is 2.29. The number of ether oxygens (including phenoxy) is 2. The summed E-state index contributed by atoms with van der Waals surface area (Å²) in [7, 11) is 0. The Bertz CT molecular complexity index is 679. The van der Waals surface area contributed by atoms with Crippen molar-refractivity contribution in [2.24, 2.45) is 11.8 Å². The summed E-state index contributed by atoms with van der Waals surface area (Å²) in [6.45, 7) is 3.71. The van der Waals surface area contributed by atoms with Gasteiger partial charge in [0.25, 0.3) is 0 Å². The average molecular weight is 333 g/mol. The molecule has 1 N–H and O–H groups in total. The van der Waals surface area contributed by atoms with Gasteiger partial charge < -0.3 is 18.9 Å². The first-order valence-corrected chi connectivity index (χ1v) is 8.52. The van der Waals surface area contributed by atoms with Gasteiger partial charge in [-0.1, -0.05) is 33.1 Å². The summed E-state index contributed by atoms with van der Waals surface area (Å²) in [5, 5.41) is 0. The SMILES string of the molecule is CC(C)C(OC(=O)c1cc2occc2[nH]1)OC(=O)C1CCCCC1. The van der Waals surface area contributed by atoms with E-state index in [-0.39, 0.29) is 23.5 Å². The Hall–Kier alpha value is -2.24. The van der Waals surface area contributed by atoms with Gasteiger partial charge in [-0.05, 0) is 12.8 Å². The van der Waals surface area contributed by atoms with E-state index in [4.69, 9.17) is 13.9 Å². The summed E-state index contributed by atoms with van der Waals surface area (Å²) < 4.78 is 16.1. The summed E-state index contributed by atoms with van der Waals surface area (Å²) in [6.07, 6.45) is 5.62. The molecule has 0 saturated heterocycles. The molecule has 130 valence electrons. The van der Waals surface area contributed by atoms with Crippen LogP contribution in [0.25, 0.3) is 11.1 Å². The summed E-state index contributed by atoms with van der Waals surface area (Å²) in [5.74, 6) is -1.02. The van der Waals surface area contributed by atoms with Crippen LogP contribution < -0.4 is 0 Å². The molecule has 0 bridgehead atoms. The Labute approximate surface area is 140 Å². The Kier molecular flexibility index (Phi) is 4.92. The first-order chi connectivity index (χ1) is 11.5. The van der Waals surface area contributed by atoms with Crippen molar-refractivity contribution in [3.8, 4) is 0 Å². The average Bonchev–Trinajstić information content (AvgIpc) is 3.16. The summed E-state index contributed by atoms with van der Waals surface area (Å²) in [5.41, 5.74) is 1.59. The van der Waals surface area contributed by atoms with Gasteiger partial charge >= 0.3 is 11.9 Å². The lowest BCUT2D eigenvalue weighted by Gasteiger charge is -2.25. The van der Waals surface area contributed by atoms with Gasteiger partial charge in [0.2, 0.25) is 6.29 Å². The maximum atomic E-state index is 12.3. The van der Waals surface area contributed by atoms with Crippen molar-refractivity contribution >= 4 is 23.0 Å². The highest BCUT2D eigenvalue weighted by molar-refractivity contribution is 5.93. The van der Waals surface area contributed by atoms with Gasteiger partial charge in [-0.15, -0.1) is 0 Å². The van der Waals surface area contributed by atoms with Gasteiger partial charge in [-0.25, -0.2) is 4.79 Å². The van der Waals surface area contributed by atoms with Crippen LogP contribution in [0.3, 0.4) is 0 Å². The number of carbonyl (C=O) groups excluding carboxylic acids is 2. The Morgan fingerprint density at radius 1 is 1.21 bits per heavy atom. The third kappa shape index (κ3) is 3.63. The van der Waals surface area contributed by atoms with Crippen molar-refractivity contribution in [3.63, 3.8) is 0 Å². The van der Waals surface area contributed by atoms with Crippen molar-refractivity contribution in [2.45, 2.75) is 52.2 Å². The Morgan fingerprint density at radius 3 is 2.62 bits per heavy atom. The summed E-state index contributed by atoms with van der Waals surface area (Å²) >= 11 is 0. The molecule has 0 amide bonds. The lowest BCUT2D eigenvalue weighted by atomic mass is 9.89. The molecule has 2 heterocycles. The molecule has 6 heteroatoms. The minimum atomic E-state index is -0.887. The van der Waals surface area contributed by atoms with E-state index in [9.17, 15) is 9.59 Å². The van der Waals surface area contributed by atoms with E-state index < -0.39 is 12.3 Å². The number of rotatable bonds is 5. The van der Waals surface area contributed by atoms with E-state index >= 15 is 0 Å². The predicted molar refractivity (Wildman–Crippen MR) is 87.3 cm³/mol. The molecule has 0 radical (unpaired) electrons. The molecule has 24 heavy (non-hydrogen) atoms. The lowest BCUT2D eigenvalue weighted by Crippen LogP contribution is -2.32. The molecule has 1 saturated carbocycles. The zero-order valence-corrected chi connectivity index (χ0v) is 14.0. The highest BCUT2D eigenvalue weighted by Crippen LogP contribution is 2.26. The maximum absolute atomic E-state index is 12.3. The molecule has 1 aliphatic carbocycles. The third-order valence-electron chi connectivity index (χ3n) is 4.40. The van der Waals surface area contributed by atoms with Gasteiger partial charge in [0, 0.05) is 18.1 Å². The van der Waals surface area contributed by atoms with Crippen molar-refractivity contribution in [1.82, 2.24) is 4.98 Å². The fourth-order valence-electron chi connectivity index (χ4n) is 2.97.